The minimum absolute atomic E-state index is 0.116. The summed E-state index contributed by atoms with van der Waals surface area (Å²) in [5.74, 6) is 0.311. The molecule has 2 aromatic heterocycles. The molecule has 0 saturated carbocycles. The third-order valence-electron chi connectivity index (χ3n) is 3.67. The molecule has 122 valence electrons. The zero-order valence-electron chi connectivity index (χ0n) is 11.9. The Kier molecular flexibility index (Phi) is 4.15. The smallest absolute Gasteiger partial charge is 0.271 e. The lowest BCUT2D eigenvalue weighted by Gasteiger charge is -2.12. The van der Waals surface area contributed by atoms with Crippen molar-refractivity contribution in [2.75, 3.05) is 12.3 Å². The number of ether oxygens (including phenoxy) is 1. The first-order valence-electron chi connectivity index (χ1n) is 6.90. The van der Waals surface area contributed by atoms with Crippen molar-refractivity contribution in [3.05, 3.63) is 28.8 Å². The number of hydrogen-bond acceptors (Lipinski definition) is 9. The second-order valence-electron chi connectivity index (χ2n) is 5.17. The van der Waals surface area contributed by atoms with Crippen molar-refractivity contribution in [1.82, 2.24) is 15.0 Å². The van der Waals surface area contributed by atoms with E-state index in [1.54, 1.807) is 0 Å². The molecule has 4 atom stereocenters. The zero-order valence-corrected chi connectivity index (χ0v) is 11.9. The van der Waals surface area contributed by atoms with Gasteiger partial charge in [0.1, 0.15) is 23.9 Å². The van der Waals surface area contributed by atoms with E-state index in [9.17, 15) is 15.0 Å². The molecule has 0 aliphatic carbocycles. The number of nitrogens with two attached hydrogens (primary N) is 2. The number of aromatic nitrogens is 3. The predicted octanol–water partition coefficient (Wildman–Crippen LogP) is -3.40. The minimum Gasteiger partial charge on any atom is -0.398 e. The van der Waals surface area contributed by atoms with Crippen LogP contribution in [0.2, 0.25) is 0 Å². The van der Waals surface area contributed by atoms with Crippen LogP contribution in [-0.2, 0) is 4.74 Å². The molecule has 1 aliphatic rings. The molecule has 4 unspecified atom stereocenters. The van der Waals surface area contributed by atoms with Crippen molar-refractivity contribution in [3.8, 4) is 0 Å². The van der Waals surface area contributed by atoms with Crippen LogP contribution in [-0.4, -0.2) is 61.4 Å². The molecule has 10 nitrogen and oxygen atoms in total. The number of fused-ring (bicyclic) bond motifs is 1. The molecule has 0 radical (unpaired) electrons. The van der Waals surface area contributed by atoms with E-state index in [2.05, 4.69) is 15.0 Å². The molecule has 1 saturated heterocycles. The van der Waals surface area contributed by atoms with Crippen LogP contribution in [0, 0.1) is 0 Å². The summed E-state index contributed by atoms with van der Waals surface area (Å²) in [5.41, 5.74) is 5.79. The zero-order chi connectivity index (χ0) is 16.6. The molecule has 7 N–H and O–H groups in total. The number of quaternary nitrogens is 1. The van der Waals surface area contributed by atoms with E-state index >= 15 is 0 Å². The van der Waals surface area contributed by atoms with Gasteiger partial charge in [-0.2, -0.15) is 9.97 Å². The Morgan fingerprint density at radius 2 is 2.04 bits per heavy atom. The molecule has 0 aromatic carbocycles. The minimum atomic E-state index is -1.22. The van der Waals surface area contributed by atoms with E-state index in [1.807, 2.05) is 0 Å². The Morgan fingerprint density at radius 3 is 2.74 bits per heavy atom. The number of aliphatic hydroxyl groups is 3. The molecule has 1 fully saturated rings. The molecule has 0 bridgehead atoms. The molecule has 0 spiro atoms. The van der Waals surface area contributed by atoms with Crippen LogP contribution in [0.4, 0.5) is 11.5 Å². The summed E-state index contributed by atoms with van der Waals surface area (Å²) in [6.45, 7) is -0.425. The first-order valence-corrected chi connectivity index (χ1v) is 6.90. The van der Waals surface area contributed by atoms with Crippen LogP contribution >= 0.6 is 0 Å². The van der Waals surface area contributed by atoms with E-state index in [4.69, 9.17) is 15.6 Å². The summed E-state index contributed by atoms with van der Waals surface area (Å²) in [5, 5.41) is 30.7. The Balaban J connectivity index is 2.02. The maximum Gasteiger partial charge on any atom is 0.271 e. The molecule has 0 amide bonds. The van der Waals surface area contributed by atoms with Crippen molar-refractivity contribution in [3.63, 3.8) is 0 Å². The van der Waals surface area contributed by atoms with Gasteiger partial charge < -0.3 is 25.8 Å². The van der Waals surface area contributed by atoms with Crippen LogP contribution in [0.1, 0.15) is 0 Å². The average Bonchev–Trinajstić information content (AvgIpc) is 2.71. The van der Waals surface area contributed by atoms with Gasteiger partial charge in [0.15, 0.2) is 11.8 Å². The third-order valence-corrected chi connectivity index (χ3v) is 3.67. The topological polar surface area (TPSA) is 168 Å². The van der Waals surface area contributed by atoms with Crippen LogP contribution in [0.3, 0.4) is 0 Å². The normalized spacial score (nSPS) is 27.4. The van der Waals surface area contributed by atoms with Gasteiger partial charge in [-0.05, 0) is 6.07 Å². The van der Waals surface area contributed by atoms with Gasteiger partial charge >= 0.3 is 0 Å². The summed E-state index contributed by atoms with van der Waals surface area (Å²) in [4.78, 5) is 23.3. The third kappa shape index (κ3) is 2.85. The van der Waals surface area contributed by atoms with Gasteiger partial charge in [-0.3, -0.25) is 10.1 Å². The summed E-state index contributed by atoms with van der Waals surface area (Å²) >= 11 is 0. The molecule has 2 aromatic rings. The lowest BCUT2D eigenvalue weighted by atomic mass is 10.1. The van der Waals surface area contributed by atoms with Gasteiger partial charge in [-0.25, -0.2) is 4.98 Å². The summed E-state index contributed by atoms with van der Waals surface area (Å²) in [6.07, 6.45) is -3.01. The Bertz CT molecular complexity index is 788. The number of nitrogens with zero attached hydrogens (tertiary/aromatic N) is 3. The summed E-state index contributed by atoms with van der Waals surface area (Å²) in [7, 11) is 0. The fraction of sp³-hybridized carbons (Fsp3) is 0.385. The lowest BCUT2D eigenvalue weighted by Crippen LogP contribution is -2.87. The molecular weight excluding hydrogens is 306 g/mol. The number of nitrogen functional groups attached to an aromatic ring is 1. The SMILES string of the molecule is Nc1ccc(=O)nc2ncnc([NH2+]C3OC(CO)C(O)C3O)c12. The first kappa shape index (κ1) is 15.6. The van der Waals surface area contributed by atoms with Crippen molar-refractivity contribution in [2.45, 2.75) is 24.5 Å². The van der Waals surface area contributed by atoms with Crippen molar-refractivity contribution < 1.29 is 25.4 Å². The van der Waals surface area contributed by atoms with Crippen LogP contribution in [0.15, 0.2) is 23.3 Å². The highest BCUT2D eigenvalue weighted by Crippen LogP contribution is 2.21. The Hall–Kier alpha value is -2.24. The predicted molar refractivity (Wildman–Crippen MR) is 77.4 cm³/mol. The molecule has 3 heterocycles. The molecule has 3 rings (SSSR count). The van der Waals surface area contributed by atoms with Gasteiger partial charge in [-0.1, -0.05) is 0 Å². The Morgan fingerprint density at radius 1 is 1.26 bits per heavy atom. The second kappa shape index (κ2) is 6.10. The van der Waals surface area contributed by atoms with E-state index in [1.165, 1.54) is 23.8 Å². The van der Waals surface area contributed by atoms with E-state index in [0.29, 0.717) is 11.2 Å². The van der Waals surface area contributed by atoms with Crippen molar-refractivity contribution in [2.24, 2.45) is 0 Å². The highest BCUT2D eigenvalue weighted by atomic mass is 16.6. The van der Waals surface area contributed by atoms with Crippen LogP contribution in [0.5, 0.6) is 0 Å². The first-order chi connectivity index (χ1) is 11.0. The fourth-order valence-electron chi connectivity index (χ4n) is 2.49. The average molecular weight is 322 g/mol. The van der Waals surface area contributed by atoms with E-state index in [-0.39, 0.29) is 11.3 Å². The van der Waals surface area contributed by atoms with Gasteiger partial charge in [0.2, 0.25) is 12.0 Å². The quantitative estimate of drug-likeness (QED) is 0.386. The van der Waals surface area contributed by atoms with Gasteiger partial charge in [0.05, 0.1) is 12.3 Å². The number of aliphatic hydroxyl groups excluding tert-OH is 3. The molecule has 23 heavy (non-hydrogen) atoms. The summed E-state index contributed by atoms with van der Waals surface area (Å²) < 4.78 is 5.39. The van der Waals surface area contributed by atoms with Gasteiger partial charge in [0, 0.05) is 6.07 Å². The number of anilines is 1. The number of hydrogen-bond donors (Lipinski definition) is 5. The van der Waals surface area contributed by atoms with Crippen molar-refractivity contribution in [1.29, 1.82) is 0 Å². The molecule has 10 heteroatoms. The maximum absolute atomic E-state index is 11.5. The Labute approximate surface area is 129 Å². The van der Waals surface area contributed by atoms with Gasteiger partial charge in [-0.15, -0.1) is 0 Å². The highest BCUT2D eigenvalue weighted by Gasteiger charge is 2.45. The number of rotatable bonds is 3. The van der Waals surface area contributed by atoms with Crippen LogP contribution < -0.4 is 16.6 Å². The van der Waals surface area contributed by atoms with E-state index < -0.39 is 36.7 Å². The highest BCUT2D eigenvalue weighted by molar-refractivity contribution is 5.92. The fourth-order valence-corrected chi connectivity index (χ4v) is 2.49. The van der Waals surface area contributed by atoms with E-state index in [0.717, 1.165) is 0 Å². The van der Waals surface area contributed by atoms with Crippen molar-refractivity contribution >= 4 is 22.5 Å². The second-order valence-corrected chi connectivity index (χ2v) is 5.17. The summed E-state index contributed by atoms with van der Waals surface area (Å²) in [6, 6.07) is 2.61. The largest absolute Gasteiger partial charge is 0.398 e. The van der Waals surface area contributed by atoms with Gasteiger partial charge in [0.25, 0.3) is 5.56 Å². The standard InChI is InChI=1S/C13H15N5O5/c14-5-1-2-7(20)17-11-8(5)12(16-4-15-11)18-13-10(22)9(21)6(3-19)23-13/h1-2,4,6,9-10,13,19,21-22H,3,14H2,(H,15,16,17,18,20)/p+1. The monoisotopic (exact) mass is 322 g/mol. The molecular formula is C13H16N5O5+. The maximum atomic E-state index is 11.5. The molecule has 1 aliphatic heterocycles. The lowest BCUT2D eigenvalue weighted by molar-refractivity contribution is -0.662. The van der Waals surface area contributed by atoms with Crippen LogP contribution in [0.25, 0.3) is 11.0 Å².